The van der Waals surface area contributed by atoms with Crippen LogP contribution in [0.25, 0.3) is 0 Å². The number of rotatable bonds is 7. The fraction of sp³-hybridized carbons (Fsp3) is 0.650. The van der Waals surface area contributed by atoms with Gasteiger partial charge in [0.05, 0.1) is 0 Å². The molecule has 1 fully saturated rings. The fourth-order valence-corrected chi connectivity index (χ4v) is 2.97. The van der Waals surface area contributed by atoms with Crippen molar-refractivity contribution >= 4 is 6.03 Å². The lowest BCUT2D eigenvalue weighted by Crippen LogP contribution is -2.56. The first-order valence-electron chi connectivity index (χ1n) is 9.55. The number of carbonyl (C=O) groups excluding carboxylic acids is 1. The number of amides is 2. The van der Waals surface area contributed by atoms with E-state index in [0.29, 0.717) is 12.3 Å². The molecule has 6 heteroatoms. The molecule has 1 aliphatic rings. The van der Waals surface area contributed by atoms with Gasteiger partial charge in [0.2, 0.25) is 6.23 Å². The highest BCUT2D eigenvalue weighted by Crippen LogP contribution is 2.17. The zero-order valence-electron chi connectivity index (χ0n) is 16.1. The van der Waals surface area contributed by atoms with Crippen molar-refractivity contribution in [1.29, 1.82) is 0 Å². The Labute approximate surface area is 156 Å². The van der Waals surface area contributed by atoms with Crippen molar-refractivity contribution < 1.29 is 14.6 Å². The predicted molar refractivity (Wildman–Crippen MR) is 103 cm³/mol. The van der Waals surface area contributed by atoms with Crippen molar-refractivity contribution in [1.82, 2.24) is 16.0 Å². The van der Waals surface area contributed by atoms with Crippen LogP contribution in [-0.2, 0) is 0 Å². The van der Waals surface area contributed by atoms with Gasteiger partial charge in [0.1, 0.15) is 11.9 Å². The summed E-state index contributed by atoms with van der Waals surface area (Å²) in [4.78, 5) is 12.4. The van der Waals surface area contributed by atoms with Crippen LogP contribution in [0.3, 0.4) is 0 Å². The van der Waals surface area contributed by atoms with Crippen molar-refractivity contribution in [2.24, 2.45) is 0 Å². The summed E-state index contributed by atoms with van der Waals surface area (Å²) >= 11 is 0. The third-order valence-electron chi connectivity index (χ3n) is 4.41. The lowest BCUT2D eigenvalue weighted by atomic mass is 9.96. The summed E-state index contributed by atoms with van der Waals surface area (Å²) in [7, 11) is 0. The van der Waals surface area contributed by atoms with Crippen molar-refractivity contribution in [2.75, 3.05) is 6.54 Å². The van der Waals surface area contributed by atoms with Gasteiger partial charge in [-0.05, 0) is 45.7 Å². The second-order valence-corrected chi connectivity index (χ2v) is 8.00. The largest absolute Gasteiger partial charge is 0.468 e. The van der Waals surface area contributed by atoms with E-state index in [1.165, 1.54) is 6.42 Å². The van der Waals surface area contributed by atoms with Crippen LogP contribution in [0.2, 0.25) is 0 Å². The maximum atomic E-state index is 12.4. The highest BCUT2D eigenvalue weighted by Gasteiger charge is 2.26. The van der Waals surface area contributed by atoms with Crippen LogP contribution >= 0.6 is 0 Å². The zero-order chi connectivity index (χ0) is 19.0. The second-order valence-electron chi connectivity index (χ2n) is 8.00. The smallest absolute Gasteiger partial charge is 0.317 e. The average molecular weight is 364 g/mol. The number of nitrogens with one attached hydrogen (secondary N) is 3. The van der Waals surface area contributed by atoms with Gasteiger partial charge in [-0.15, -0.1) is 0 Å². The van der Waals surface area contributed by atoms with Crippen LogP contribution in [0.4, 0.5) is 4.79 Å². The molecule has 2 amide bonds. The lowest BCUT2D eigenvalue weighted by molar-refractivity contribution is 0.0192. The van der Waals surface area contributed by atoms with Crippen molar-refractivity contribution in [3.8, 4) is 5.75 Å². The molecule has 146 valence electrons. The van der Waals surface area contributed by atoms with E-state index in [1.54, 1.807) is 12.1 Å². The normalized spacial score (nSPS) is 18.0. The van der Waals surface area contributed by atoms with Crippen molar-refractivity contribution in [2.45, 2.75) is 76.8 Å². The molecule has 0 radical (unpaired) electrons. The topological polar surface area (TPSA) is 82.6 Å². The minimum Gasteiger partial charge on any atom is -0.468 e. The maximum Gasteiger partial charge on any atom is 0.317 e. The van der Waals surface area contributed by atoms with Gasteiger partial charge in [-0.25, -0.2) is 4.79 Å². The Kier molecular flexibility index (Phi) is 7.72. The van der Waals surface area contributed by atoms with Gasteiger partial charge in [-0.2, -0.15) is 0 Å². The molecule has 1 saturated carbocycles. The molecule has 2 rings (SSSR count). The van der Waals surface area contributed by atoms with Gasteiger partial charge in [-0.1, -0.05) is 37.5 Å². The molecule has 0 heterocycles. The zero-order valence-corrected chi connectivity index (χ0v) is 16.1. The van der Waals surface area contributed by atoms with E-state index in [0.717, 1.165) is 25.7 Å². The van der Waals surface area contributed by atoms with Crippen LogP contribution in [-0.4, -0.2) is 41.6 Å². The minimum absolute atomic E-state index is 0.136. The molecule has 0 saturated heterocycles. The number of urea groups is 1. The van der Waals surface area contributed by atoms with Gasteiger partial charge < -0.3 is 25.8 Å². The molecular weight excluding hydrogens is 330 g/mol. The number of β-amino-alcohol motifs (C(OH)–C–C–N with tert-alkyl or cyclic N) is 1. The van der Waals surface area contributed by atoms with Gasteiger partial charge in [0, 0.05) is 18.1 Å². The van der Waals surface area contributed by atoms with Crippen LogP contribution < -0.4 is 20.7 Å². The van der Waals surface area contributed by atoms with Gasteiger partial charge >= 0.3 is 6.03 Å². The van der Waals surface area contributed by atoms with Gasteiger partial charge in [0.15, 0.2) is 0 Å². The first-order valence-corrected chi connectivity index (χ1v) is 9.55. The molecule has 6 nitrogen and oxygen atoms in total. The lowest BCUT2D eigenvalue weighted by Gasteiger charge is -2.30. The second kappa shape index (κ2) is 9.78. The van der Waals surface area contributed by atoms with Crippen LogP contribution in [0.1, 0.15) is 52.9 Å². The van der Waals surface area contributed by atoms with Crippen molar-refractivity contribution in [3.63, 3.8) is 0 Å². The number of aliphatic hydroxyl groups is 1. The summed E-state index contributed by atoms with van der Waals surface area (Å²) in [5.74, 6) is 0.602. The Morgan fingerprint density at radius 2 is 1.85 bits per heavy atom. The summed E-state index contributed by atoms with van der Waals surface area (Å²) in [6, 6.07) is 9.11. The Balaban J connectivity index is 1.95. The molecule has 2 unspecified atom stereocenters. The van der Waals surface area contributed by atoms with E-state index in [9.17, 15) is 9.90 Å². The number of carbonyl (C=O) groups is 1. The van der Waals surface area contributed by atoms with E-state index in [1.807, 2.05) is 39.0 Å². The Morgan fingerprint density at radius 3 is 2.46 bits per heavy atom. The molecule has 0 aliphatic heterocycles. The minimum atomic E-state index is -0.883. The standard InChI is InChI=1S/C20H33N3O3/c1-20(2,3)21-14-17(24)18(26-16-12-8-5-9-13-16)23-19(25)22-15-10-6-4-7-11-15/h5,8-9,12-13,15,17-18,21,24H,4,6-7,10-11,14H2,1-3H3,(H2,22,23,25). The Morgan fingerprint density at radius 1 is 1.19 bits per heavy atom. The first kappa shape index (κ1) is 20.5. The number of aliphatic hydroxyl groups excluding tert-OH is 1. The number of hydrogen-bond acceptors (Lipinski definition) is 4. The van der Waals surface area contributed by atoms with Crippen LogP contribution in [0, 0.1) is 0 Å². The number of para-hydroxylation sites is 1. The monoisotopic (exact) mass is 363 g/mol. The average Bonchev–Trinajstić information content (AvgIpc) is 2.60. The van der Waals surface area contributed by atoms with Crippen LogP contribution in [0.15, 0.2) is 30.3 Å². The molecule has 2 atom stereocenters. The molecule has 0 aromatic heterocycles. The van der Waals surface area contributed by atoms with E-state index in [2.05, 4.69) is 16.0 Å². The first-order chi connectivity index (χ1) is 12.3. The summed E-state index contributed by atoms with van der Waals surface area (Å²) in [6.45, 7) is 6.38. The molecule has 26 heavy (non-hydrogen) atoms. The SMILES string of the molecule is CC(C)(C)NCC(O)C(NC(=O)NC1CCCCC1)Oc1ccccc1. The molecule has 1 aromatic carbocycles. The maximum absolute atomic E-state index is 12.4. The number of benzene rings is 1. The molecule has 0 bridgehead atoms. The molecular formula is C20H33N3O3. The fourth-order valence-electron chi connectivity index (χ4n) is 2.97. The predicted octanol–water partition coefficient (Wildman–Crippen LogP) is 2.77. The third kappa shape index (κ3) is 7.62. The Hall–Kier alpha value is -1.79. The summed E-state index contributed by atoms with van der Waals surface area (Å²) in [5, 5.41) is 19.6. The number of ether oxygens (including phenoxy) is 1. The molecule has 1 aliphatic carbocycles. The Bertz CT molecular complexity index is 539. The van der Waals surface area contributed by atoms with E-state index < -0.39 is 12.3 Å². The highest BCUT2D eigenvalue weighted by atomic mass is 16.5. The van der Waals surface area contributed by atoms with Gasteiger partial charge in [0.25, 0.3) is 0 Å². The van der Waals surface area contributed by atoms with E-state index in [4.69, 9.17) is 4.74 Å². The van der Waals surface area contributed by atoms with E-state index in [-0.39, 0.29) is 17.6 Å². The summed E-state index contributed by atoms with van der Waals surface area (Å²) in [6.07, 6.45) is 3.82. The highest BCUT2D eigenvalue weighted by molar-refractivity contribution is 5.74. The third-order valence-corrected chi connectivity index (χ3v) is 4.41. The quantitative estimate of drug-likeness (QED) is 0.562. The summed E-state index contributed by atoms with van der Waals surface area (Å²) in [5.41, 5.74) is -0.136. The molecule has 4 N–H and O–H groups in total. The van der Waals surface area contributed by atoms with E-state index >= 15 is 0 Å². The van der Waals surface area contributed by atoms with Gasteiger partial charge in [-0.3, -0.25) is 0 Å². The number of hydrogen-bond donors (Lipinski definition) is 4. The van der Waals surface area contributed by atoms with Crippen molar-refractivity contribution in [3.05, 3.63) is 30.3 Å². The van der Waals surface area contributed by atoms with Crippen LogP contribution in [0.5, 0.6) is 5.75 Å². The summed E-state index contributed by atoms with van der Waals surface area (Å²) < 4.78 is 5.84. The molecule has 1 aromatic rings. The molecule has 0 spiro atoms.